The Morgan fingerprint density at radius 3 is 2.94 bits per heavy atom. The fourth-order valence-electron chi connectivity index (χ4n) is 3.46. The molecule has 0 fully saturated rings. The van der Waals surface area contributed by atoms with Crippen LogP contribution in [0.3, 0.4) is 0 Å². The Kier molecular flexibility index (Phi) is 4.25. The van der Waals surface area contributed by atoms with Gasteiger partial charge in [-0.2, -0.15) is 5.10 Å². The normalized spacial score (nSPS) is 12.7. The lowest BCUT2D eigenvalue weighted by atomic mass is 10.0. The molecule has 0 aliphatic carbocycles. The molecule has 1 aliphatic rings. The lowest BCUT2D eigenvalue weighted by Crippen LogP contribution is -2.25. The Morgan fingerprint density at radius 1 is 1.23 bits per heavy atom. The summed E-state index contributed by atoms with van der Waals surface area (Å²) in [5.74, 6) is 0.174. The van der Waals surface area contributed by atoms with E-state index in [1.54, 1.807) is 49.5 Å². The number of H-pyrrole nitrogens is 1. The number of hydrogen-bond donors (Lipinski definition) is 4. The first-order valence-electron chi connectivity index (χ1n) is 9.38. The summed E-state index contributed by atoms with van der Waals surface area (Å²) >= 11 is 0. The van der Waals surface area contributed by atoms with Crippen LogP contribution in [0.5, 0.6) is 5.75 Å². The zero-order valence-corrected chi connectivity index (χ0v) is 16.3. The maximum Gasteiger partial charge on any atom is 0.335 e. The van der Waals surface area contributed by atoms with E-state index >= 15 is 0 Å². The number of carboxylic acid groups (broad SMARTS) is 1. The first-order chi connectivity index (χ1) is 15.0. The largest absolute Gasteiger partial charge is 0.482 e. The second-order valence-corrected chi connectivity index (χ2v) is 6.98. The van der Waals surface area contributed by atoms with E-state index in [1.165, 1.54) is 0 Å². The molecule has 1 amide bonds. The molecule has 0 saturated heterocycles. The smallest absolute Gasteiger partial charge is 0.335 e. The zero-order chi connectivity index (χ0) is 21.5. The number of carboxylic acids is 1. The number of anilines is 3. The van der Waals surface area contributed by atoms with E-state index in [2.05, 4.69) is 30.8 Å². The van der Waals surface area contributed by atoms with E-state index in [0.717, 1.165) is 0 Å². The van der Waals surface area contributed by atoms with Crippen LogP contribution in [-0.2, 0) is 4.79 Å². The first kappa shape index (κ1) is 18.6. The number of carbonyl (C=O) groups is 2. The highest BCUT2D eigenvalue weighted by molar-refractivity contribution is 5.97. The number of aromatic nitrogens is 4. The number of ether oxygens (including phenoxy) is 1. The number of rotatable bonds is 4. The predicted octanol–water partition coefficient (Wildman–Crippen LogP) is 3.10. The summed E-state index contributed by atoms with van der Waals surface area (Å²) in [7, 11) is 0. The van der Waals surface area contributed by atoms with E-state index in [4.69, 9.17) is 4.74 Å². The summed E-state index contributed by atoms with van der Waals surface area (Å²) < 4.78 is 5.39. The summed E-state index contributed by atoms with van der Waals surface area (Å²) in [6.45, 7) is 1.71. The highest BCUT2D eigenvalue weighted by Gasteiger charge is 2.18. The van der Waals surface area contributed by atoms with Gasteiger partial charge in [0.05, 0.1) is 17.4 Å². The summed E-state index contributed by atoms with van der Waals surface area (Å²) in [6, 6.07) is 10.3. The third kappa shape index (κ3) is 3.29. The second-order valence-electron chi connectivity index (χ2n) is 6.98. The maximum atomic E-state index is 11.6. The monoisotopic (exact) mass is 416 g/mol. The number of benzene rings is 2. The number of aromatic amines is 1. The van der Waals surface area contributed by atoms with E-state index < -0.39 is 5.97 Å². The van der Waals surface area contributed by atoms with Crippen molar-refractivity contribution in [1.82, 2.24) is 20.2 Å². The summed E-state index contributed by atoms with van der Waals surface area (Å²) in [6.07, 6.45) is 1.57. The van der Waals surface area contributed by atoms with Crippen LogP contribution in [0.2, 0.25) is 0 Å². The number of fused-ring (bicyclic) bond motifs is 2. The van der Waals surface area contributed by atoms with E-state index in [-0.39, 0.29) is 18.1 Å². The quantitative estimate of drug-likeness (QED) is 0.397. The molecule has 154 valence electrons. The van der Waals surface area contributed by atoms with Crippen molar-refractivity contribution in [2.24, 2.45) is 0 Å². The molecule has 4 aromatic rings. The fourth-order valence-corrected chi connectivity index (χ4v) is 3.46. The van der Waals surface area contributed by atoms with E-state index in [1.807, 2.05) is 0 Å². The Hall–Kier alpha value is -4.47. The Balaban J connectivity index is 1.59. The molecule has 1 aliphatic heterocycles. The van der Waals surface area contributed by atoms with Crippen LogP contribution in [0.15, 0.2) is 42.6 Å². The van der Waals surface area contributed by atoms with Crippen LogP contribution in [0, 0.1) is 6.92 Å². The summed E-state index contributed by atoms with van der Waals surface area (Å²) in [5, 5.41) is 22.3. The Morgan fingerprint density at radius 2 is 2.10 bits per heavy atom. The molecule has 10 nitrogen and oxygen atoms in total. The molecule has 0 bridgehead atoms. The lowest BCUT2D eigenvalue weighted by molar-refractivity contribution is -0.118. The van der Waals surface area contributed by atoms with Gasteiger partial charge in [-0.3, -0.25) is 9.89 Å². The lowest BCUT2D eigenvalue weighted by Gasteiger charge is -2.19. The van der Waals surface area contributed by atoms with Crippen molar-refractivity contribution in [2.75, 3.05) is 17.2 Å². The topological polar surface area (TPSA) is 142 Å². The first-order valence-corrected chi connectivity index (χ1v) is 9.38. The maximum absolute atomic E-state index is 11.6. The highest BCUT2D eigenvalue weighted by Crippen LogP contribution is 2.33. The minimum atomic E-state index is -1.01. The summed E-state index contributed by atoms with van der Waals surface area (Å²) in [4.78, 5) is 32.3. The number of amides is 1. The number of aromatic carboxylic acids is 1. The molecule has 5 rings (SSSR count). The van der Waals surface area contributed by atoms with Gasteiger partial charge in [0.1, 0.15) is 16.8 Å². The van der Waals surface area contributed by atoms with E-state index in [9.17, 15) is 14.7 Å². The molecule has 2 aromatic heterocycles. The van der Waals surface area contributed by atoms with Gasteiger partial charge in [0.2, 0.25) is 0 Å². The summed E-state index contributed by atoms with van der Waals surface area (Å²) in [5.41, 5.74) is 3.75. The van der Waals surface area contributed by atoms with Gasteiger partial charge in [0, 0.05) is 11.3 Å². The molecular formula is C21H16N6O4. The van der Waals surface area contributed by atoms with Crippen molar-refractivity contribution in [3.05, 3.63) is 53.7 Å². The van der Waals surface area contributed by atoms with Crippen LogP contribution in [0.25, 0.3) is 22.4 Å². The third-order valence-corrected chi connectivity index (χ3v) is 4.98. The highest BCUT2D eigenvalue weighted by atomic mass is 16.5. The molecule has 0 radical (unpaired) electrons. The number of nitrogens with one attached hydrogen (secondary N) is 3. The molecule has 0 unspecified atom stereocenters. The number of nitrogens with zero attached hydrogens (tertiary/aromatic N) is 3. The van der Waals surface area contributed by atoms with Crippen LogP contribution < -0.4 is 15.4 Å². The van der Waals surface area contributed by atoms with Crippen molar-refractivity contribution < 1.29 is 19.4 Å². The molecular weight excluding hydrogens is 400 g/mol. The van der Waals surface area contributed by atoms with Crippen molar-refractivity contribution in [1.29, 1.82) is 0 Å². The van der Waals surface area contributed by atoms with Crippen LogP contribution in [-0.4, -0.2) is 43.8 Å². The number of hydrogen-bond acceptors (Lipinski definition) is 7. The van der Waals surface area contributed by atoms with E-state index in [0.29, 0.717) is 50.9 Å². The molecule has 3 heterocycles. The van der Waals surface area contributed by atoms with Crippen LogP contribution >= 0.6 is 0 Å². The van der Waals surface area contributed by atoms with Crippen molar-refractivity contribution in [2.45, 2.75) is 6.92 Å². The molecule has 0 saturated carbocycles. The second kappa shape index (κ2) is 7.10. The standard InChI is InChI=1S/C21H16N6O4/c1-10-12(3-2-4-13(10)21(29)30)19-25-15-8-22-27-18(15)20(26-19)23-11-5-6-16-14(7-11)24-17(28)9-31-16/h2-8H,9H2,1H3,(H,22,27)(H,24,28)(H,29,30)(H,23,25,26). The van der Waals surface area contributed by atoms with Gasteiger partial charge >= 0.3 is 5.97 Å². The minimum absolute atomic E-state index is 0.0153. The van der Waals surface area contributed by atoms with Gasteiger partial charge in [0.15, 0.2) is 18.2 Å². The van der Waals surface area contributed by atoms with Gasteiger partial charge in [-0.15, -0.1) is 0 Å². The SMILES string of the molecule is Cc1c(C(=O)O)cccc1-c1nc(Nc2ccc3c(c2)NC(=O)CO3)c2[nH]ncc2n1. The van der Waals surface area contributed by atoms with Crippen LogP contribution in [0.4, 0.5) is 17.2 Å². The van der Waals surface area contributed by atoms with Gasteiger partial charge in [0.25, 0.3) is 5.91 Å². The molecule has 2 aromatic carbocycles. The van der Waals surface area contributed by atoms with Crippen molar-refractivity contribution in [3.63, 3.8) is 0 Å². The van der Waals surface area contributed by atoms with Gasteiger partial charge in [-0.05, 0) is 36.8 Å². The minimum Gasteiger partial charge on any atom is -0.482 e. The predicted molar refractivity (Wildman–Crippen MR) is 113 cm³/mol. The molecule has 0 spiro atoms. The zero-order valence-electron chi connectivity index (χ0n) is 16.3. The Labute approximate surface area is 175 Å². The third-order valence-electron chi connectivity index (χ3n) is 4.98. The average Bonchev–Trinajstić information content (AvgIpc) is 3.22. The number of carbonyl (C=O) groups excluding carboxylic acids is 1. The Bertz CT molecular complexity index is 1360. The molecule has 0 atom stereocenters. The van der Waals surface area contributed by atoms with Gasteiger partial charge in [-0.1, -0.05) is 12.1 Å². The molecule has 10 heteroatoms. The van der Waals surface area contributed by atoms with Crippen molar-refractivity contribution in [3.8, 4) is 17.1 Å². The van der Waals surface area contributed by atoms with Gasteiger partial charge in [-0.25, -0.2) is 14.8 Å². The average molecular weight is 416 g/mol. The van der Waals surface area contributed by atoms with Gasteiger partial charge < -0.3 is 20.5 Å². The van der Waals surface area contributed by atoms with Crippen molar-refractivity contribution >= 4 is 40.1 Å². The molecule has 4 N–H and O–H groups in total. The fraction of sp³-hybridized carbons (Fsp3) is 0.0952. The van der Waals surface area contributed by atoms with Crippen LogP contribution in [0.1, 0.15) is 15.9 Å². The molecule has 31 heavy (non-hydrogen) atoms.